The number of carbonyl (C=O) groups is 1. The number of Topliss-reactive ketones (excluding diaryl/α,β-unsaturated/α-hetero) is 1. The van der Waals surface area contributed by atoms with E-state index in [-0.39, 0.29) is 4.88 Å². The molecule has 0 atom stereocenters. The highest BCUT2D eigenvalue weighted by Gasteiger charge is 2.41. The van der Waals surface area contributed by atoms with Gasteiger partial charge in [-0.25, -0.2) is 0 Å². The molecule has 0 aliphatic carbocycles. The van der Waals surface area contributed by atoms with Gasteiger partial charge in [-0.05, 0) is 35.7 Å². The van der Waals surface area contributed by atoms with Gasteiger partial charge in [0, 0.05) is 10.7 Å². The van der Waals surface area contributed by atoms with Crippen LogP contribution in [0.2, 0.25) is 0 Å². The van der Waals surface area contributed by atoms with Crippen molar-refractivity contribution in [1.29, 1.82) is 0 Å². The van der Waals surface area contributed by atoms with Crippen LogP contribution in [0, 0.1) is 0 Å². The van der Waals surface area contributed by atoms with Crippen molar-refractivity contribution in [2.24, 2.45) is 4.99 Å². The summed E-state index contributed by atoms with van der Waals surface area (Å²) in [5, 5.41) is 11.6. The molecule has 1 aromatic heterocycles. The number of rotatable bonds is 4. The van der Waals surface area contributed by atoms with E-state index in [0.29, 0.717) is 5.69 Å². The molecule has 0 radical (unpaired) electrons. The van der Waals surface area contributed by atoms with Gasteiger partial charge in [0.25, 0.3) is 5.78 Å². The Hall–Kier alpha value is -1.93. The van der Waals surface area contributed by atoms with Crippen LogP contribution in [0.15, 0.2) is 56.8 Å². The number of carbonyl (C=O) groups excluding carboxylic acids is 1. The first kappa shape index (κ1) is 17.4. The highest BCUT2D eigenvalue weighted by molar-refractivity contribution is 9.10. The molecule has 1 heterocycles. The van der Waals surface area contributed by atoms with E-state index in [4.69, 9.17) is 0 Å². The van der Waals surface area contributed by atoms with E-state index in [1.807, 2.05) is 0 Å². The first-order chi connectivity index (χ1) is 10.8. The van der Waals surface area contributed by atoms with Gasteiger partial charge in [0.1, 0.15) is 5.76 Å². The van der Waals surface area contributed by atoms with Gasteiger partial charge in [0.15, 0.2) is 0 Å². The van der Waals surface area contributed by atoms with Crippen LogP contribution >= 0.6 is 27.3 Å². The molecule has 0 aliphatic heterocycles. The number of nitrogens with zero attached hydrogens (tertiary/aromatic N) is 1. The number of thiophene rings is 1. The highest BCUT2D eigenvalue weighted by atomic mass is 79.9. The smallest absolute Gasteiger partial charge is 0.455 e. The van der Waals surface area contributed by atoms with Crippen molar-refractivity contribution >= 4 is 50.7 Å². The molecule has 0 spiro atoms. The second-order valence-electron chi connectivity index (χ2n) is 4.30. The van der Waals surface area contributed by atoms with Crippen LogP contribution in [-0.4, -0.2) is 23.3 Å². The average Bonchev–Trinajstić information content (AvgIpc) is 3.02. The first-order valence-corrected chi connectivity index (χ1v) is 7.84. The Bertz CT molecular complexity index is 750. The second kappa shape index (κ2) is 7.10. The lowest BCUT2D eigenvalue weighted by Gasteiger charge is -2.07. The zero-order valence-corrected chi connectivity index (χ0v) is 13.7. The summed E-state index contributed by atoms with van der Waals surface area (Å²) in [5.41, 5.74) is -0.553. The van der Waals surface area contributed by atoms with Crippen LogP contribution in [0.3, 0.4) is 0 Å². The van der Waals surface area contributed by atoms with Crippen molar-refractivity contribution < 1.29 is 23.1 Å². The predicted molar refractivity (Wildman–Crippen MR) is 87.2 cm³/mol. The Morgan fingerprint density at radius 1 is 1.22 bits per heavy atom. The number of alkyl halides is 3. The highest BCUT2D eigenvalue weighted by Crippen LogP contribution is 2.27. The minimum absolute atomic E-state index is 0.153. The number of benzene rings is 1. The van der Waals surface area contributed by atoms with E-state index in [0.717, 1.165) is 22.0 Å². The van der Waals surface area contributed by atoms with Crippen molar-refractivity contribution in [1.82, 2.24) is 0 Å². The third-order valence-electron chi connectivity index (χ3n) is 2.68. The van der Waals surface area contributed by atoms with Crippen LogP contribution in [-0.2, 0) is 4.79 Å². The molecule has 8 heteroatoms. The second-order valence-corrected chi connectivity index (χ2v) is 6.16. The fourth-order valence-corrected chi connectivity index (χ4v) is 2.54. The van der Waals surface area contributed by atoms with Crippen LogP contribution in [0.5, 0.6) is 0 Å². The summed E-state index contributed by atoms with van der Waals surface area (Å²) >= 11 is 4.24. The largest absolute Gasteiger partial charge is 0.506 e. The average molecular weight is 404 g/mol. The van der Waals surface area contributed by atoms with E-state index in [2.05, 4.69) is 20.9 Å². The zero-order chi connectivity index (χ0) is 17.0. The normalized spacial score (nSPS) is 13.2. The van der Waals surface area contributed by atoms with E-state index in [1.165, 1.54) is 6.07 Å². The fourth-order valence-electron chi connectivity index (χ4n) is 1.59. The van der Waals surface area contributed by atoms with Gasteiger partial charge in [-0.15, -0.1) is 11.3 Å². The summed E-state index contributed by atoms with van der Waals surface area (Å²) in [4.78, 5) is 15.5. The summed E-state index contributed by atoms with van der Waals surface area (Å²) in [6.07, 6.45) is -4.37. The molecule has 23 heavy (non-hydrogen) atoms. The Labute approximate surface area is 141 Å². The number of ketones is 1. The van der Waals surface area contributed by atoms with Gasteiger partial charge in [0.05, 0.1) is 16.1 Å². The Morgan fingerprint density at radius 3 is 2.39 bits per heavy atom. The molecule has 0 amide bonds. The minimum Gasteiger partial charge on any atom is -0.506 e. The summed E-state index contributed by atoms with van der Waals surface area (Å²) < 4.78 is 38.9. The molecule has 1 N–H and O–H groups in total. The maximum absolute atomic E-state index is 12.7. The maximum atomic E-state index is 12.7. The number of aliphatic hydroxyl groups excluding tert-OH is 1. The van der Waals surface area contributed by atoms with Crippen molar-refractivity contribution in [3.8, 4) is 0 Å². The molecule has 0 saturated heterocycles. The van der Waals surface area contributed by atoms with Crippen molar-refractivity contribution in [2.45, 2.75) is 6.18 Å². The molecule has 0 saturated carbocycles. The quantitative estimate of drug-likeness (QED) is 0.427. The SMILES string of the molecule is O=C(C(C=Nc1ccc(Br)cc1)=C(O)c1cccs1)C(F)(F)F. The number of aliphatic imine (C=N–C) groups is 1. The molecule has 0 bridgehead atoms. The summed E-state index contributed by atoms with van der Waals surface area (Å²) in [5.74, 6) is -2.90. The van der Waals surface area contributed by atoms with Crippen molar-refractivity contribution in [3.63, 3.8) is 0 Å². The summed E-state index contributed by atoms with van der Waals surface area (Å²) in [7, 11) is 0. The topological polar surface area (TPSA) is 49.7 Å². The number of aliphatic hydroxyl groups is 1. The van der Waals surface area contributed by atoms with Gasteiger partial charge < -0.3 is 5.11 Å². The van der Waals surface area contributed by atoms with Gasteiger partial charge in [-0.2, -0.15) is 13.2 Å². The molecule has 0 unspecified atom stereocenters. The molecule has 2 aromatic rings. The lowest BCUT2D eigenvalue weighted by atomic mass is 10.1. The summed E-state index contributed by atoms with van der Waals surface area (Å²) in [6, 6.07) is 9.38. The van der Waals surface area contributed by atoms with E-state index in [1.54, 1.807) is 35.7 Å². The zero-order valence-electron chi connectivity index (χ0n) is 11.3. The number of hydrogen-bond donors (Lipinski definition) is 1. The van der Waals surface area contributed by atoms with E-state index >= 15 is 0 Å². The van der Waals surface area contributed by atoms with Crippen LogP contribution in [0.4, 0.5) is 18.9 Å². The molecule has 0 aliphatic rings. The lowest BCUT2D eigenvalue weighted by molar-refractivity contribution is -0.165. The van der Waals surface area contributed by atoms with E-state index in [9.17, 15) is 23.1 Å². The minimum atomic E-state index is -5.10. The van der Waals surface area contributed by atoms with Crippen molar-refractivity contribution in [2.75, 3.05) is 0 Å². The molecule has 120 valence electrons. The lowest BCUT2D eigenvalue weighted by Crippen LogP contribution is -2.26. The van der Waals surface area contributed by atoms with Crippen LogP contribution < -0.4 is 0 Å². The predicted octanol–water partition coefficient (Wildman–Crippen LogP) is 5.31. The van der Waals surface area contributed by atoms with E-state index < -0.39 is 23.3 Å². The van der Waals surface area contributed by atoms with Crippen molar-refractivity contribution in [3.05, 3.63) is 56.7 Å². The Balaban J connectivity index is 2.44. The molecular weight excluding hydrogens is 395 g/mol. The monoisotopic (exact) mass is 403 g/mol. The molecule has 0 fully saturated rings. The molecule has 2 rings (SSSR count). The first-order valence-electron chi connectivity index (χ1n) is 6.17. The van der Waals surface area contributed by atoms with Gasteiger partial charge >= 0.3 is 6.18 Å². The Kier molecular flexibility index (Phi) is 5.38. The molecule has 1 aromatic carbocycles. The van der Waals surface area contributed by atoms with Gasteiger partial charge in [-0.3, -0.25) is 9.79 Å². The molecule has 3 nitrogen and oxygen atoms in total. The standard InChI is InChI=1S/C15H9BrF3NO2S/c16-9-3-5-10(6-4-9)20-8-11(14(22)15(17,18)19)13(21)12-2-1-7-23-12/h1-8,21H. The van der Waals surface area contributed by atoms with Gasteiger partial charge in [0.2, 0.25) is 0 Å². The van der Waals surface area contributed by atoms with Crippen LogP contribution in [0.25, 0.3) is 5.76 Å². The van der Waals surface area contributed by atoms with Gasteiger partial charge in [-0.1, -0.05) is 22.0 Å². The van der Waals surface area contributed by atoms with Crippen LogP contribution in [0.1, 0.15) is 4.88 Å². The number of allylic oxidation sites excluding steroid dienone is 1. The number of hydrogen-bond acceptors (Lipinski definition) is 4. The Morgan fingerprint density at radius 2 is 1.87 bits per heavy atom. The third-order valence-corrected chi connectivity index (χ3v) is 4.09. The molecular formula is C15H9BrF3NO2S. The summed E-state index contributed by atoms with van der Waals surface area (Å²) in [6.45, 7) is 0. The number of halogens is 4. The maximum Gasteiger partial charge on any atom is 0.455 e. The third kappa shape index (κ3) is 4.52. The fraction of sp³-hybridized carbons (Fsp3) is 0.0667.